The van der Waals surface area contributed by atoms with Gasteiger partial charge in [-0.1, -0.05) is 26.0 Å². The van der Waals surface area contributed by atoms with Gasteiger partial charge in [0.1, 0.15) is 0 Å². The molecule has 0 fully saturated rings. The van der Waals surface area contributed by atoms with E-state index in [1.165, 1.54) is 0 Å². The molecule has 1 aromatic rings. The van der Waals surface area contributed by atoms with Crippen molar-refractivity contribution in [3.05, 3.63) is 16.9 Å². The Morgan fingerprint density at radius 3 is 2.21 bits per heavy atom. The van der Waals surface area contributed by atoms with Crippen LogP contribution in [-0.2, 0) is 0 Å². The fraction of sp³-hybridized carbons (Fsp3) is 0.400. The minimum Gasteiger partial charge on any atom is -0.307 e. The summed E-state index contributed by atoms with van der Waals surface area (Å²) in [5.41, 5.74) is 2.45. The average Bonchev–Trinajstić information content (AvgIpc) is 2.30. The molecule has 0 atom stereocenters. The second-order valence-corrected chi connectivity index (χ2v) is 2.25. The van der Waals surface area contributed by atoms with Crippen LogP contribution in [0.3, 0.4) is 0 Å². The first kappa shape index (κ1) is 12.6. The quantitative estimate of drug-likeness (QED) is 0.501. The molecule has 1 heterocycles. The topological polar surface area (TPSA) is 63.8 Å². The molecule has 4 nitrogen and oxygen atoms in total. The van der Waals surface area contributed by atoms with Crippen LogP contribution in [0.2, 0.25) is 0 Å². The van der Waals surface area contributed by atoms with Gasteiger partial charge in [0.15, 0.2) is 5.82 Å². The molecule has 14 heavy (non-hydrogen) atoms. The van der Waals surface area contributed by atoms with Crippen LogP contribution in [0.15, 0.2) is 6.20 Å². The molecule has 3 N–H and O–H groups in total. The van der Waals surface area contributed by atoms with Gasteiger partial charge in [-0.25, -0.2) is 10.8 Å². The predicted octanol–water partition coefficient (Wildman–Crippen LogP) is 0.389. The Bertz CT molecular complexity index is 370. The highest BCUT2D eigenvalue weighted by Gasteiger charge is 1.90. The first-order valence-electron chi connectivity index (χ1n) is 4.74. The Hall–Kier alpha value is -1.42. The Balaban J connectivity index is 0.000000791. The number of rotatable bonds is 1. The summed E-state index contributed by atoms with van der Waals surface area (Å²) in [6.45, 7) is 7.84. The van der Waals surface area contributed by atoms with E-state index in [1.54, 1.807) is 6.20 Å². The van der Waals surface area contributed by atoms with E-state index in [4.69, 9.17) is 5.84 Å². The SMILES string of the molecule is C/C=c1/ncc(NN)n/c1=C/C.CC. The molecular weight excluding hydrogens is 176 g/mol. The lowest BCUT2D eigenvalue weighted by Crippen LogP contribution is -2.32. The summed E-state index contributed by atoms with van der Waals surface area (Å²) in [4.78, 5) is 8.34. The number of nitrogens with two attached hydrogens (primary N) is 1. The van der Waals surface area contributed by atoms with Gasteiger partial charge in [-0.15, -0.1) is 0 Å². The zero-order valence-electron chi connectivity index (χ0n) is 9.20. The Labute approximate surface area is 84.5 Å². The van der Waals surface area contributed by atoms with E-state index in [-0.39, 0.29) is 0 Å². The average molecular weight is 194 g/mol. The fourth-order valence-corrected chi connectivity index (χ4v) is 0.917. The Kier molecular flexibility index (Phi) is 6.32. The maximum Gasteiger partial charge on any atom is 0.159 e. The molecule has 4 heteroatoms. The molecule has 0 saturated carbocycles. The standard InChI is InChI=1S/C8H12N4.C2H6/c1-3-6-7(4-2)11-8(12-9)5-10-6;1-2/h3-5H,9H2,1-2H3,(H,11,12);1-2H3/b6-3+,7-4+;. The fourth-order valence-electron chi connectivity index (χ4n) is 0.917. The summed E-state index contributed by atoms with van der Waals surface area (Å²) >= 11 is 0. The molecule has 0 unspecified atom stereocenters. The van der Waals surface area contributed by atoms with Crippen molar-refractivity contribution in [2.45, 2.75) is 27.7 Å². The van der Waals surface area contributed by atoms with Crippen LogP contribution >= 0.6 is 0 Å². The van der Waals surface area contributed by atoms with E-state index in [2.05, 4.69) is 15.4 Å². The van der Waals surface area contributed by atoms with Crippen molar-refractivity contribution in [3.63, 3.8) is 0 Å². The van der Waals surface area contributed by atoms with Gasteiger partial charge in [0, 0.05) is 0 Å². The molecule has 0 aliphatic carbocycles. The highest BCUT2D eigenvalue weighted by atomic mass is 15.3. The van der Waals surface area contributed by atoms with Crippen molar-refractivity contribution < 1.29 is 0 Å². The van der Waals surface area contributed by atoms with Gasteiger partial charge in [0.05, 0.1) is 16.9 Å². The van der Waals surface area contributed by atoms with Crippen LogP contribution in [0.4, 0.5) is 5.82 Å². The highest BCUT2D eigenvalue weighted by molar-refractivity contribution is 5.32. The van der Waals surface area contributed by atoms with Crippen LogP contribution in [0.5, 0.6) is 0 Å². The summed E-state index contributed by atoms with van der Waals surface area (Å²) < 4.78 is 0. The number of nitrogens with one attached hydrogen (secondary N) is 1. The predicted molar refractivity (Wildman–Crippen MR) is 60.7 cm³/mol. The molecule has 0 amide bonds. The molecule has 0 aromatic carbocycles. The monoisotopic (exact) mass is 194 g/mol. The van der Waals surface area contributed by atoms with Crippen molar-refractivity contribution >= 4 is 18.0 Å². The van der Waals surface area contributed by atoms with Crippen LogP contribution in [0.25, 0.3) is 12.2 Å². The second kappa shape index (κ2) is 7.03. The third-order valence-electron chi connectivity index (χ3n) is 1.52. The molecule has 1 aromatic heterocycles. The van der Waals surface area contributed by atoms with Gasteiger partial charge in [-0.3, -0.25) is 4.98 Å². The van der Waals surface area contributed by atoms with E-state index in [0.717, 1.165) is 10.7 Å². The largest absolute Gasteiger partial charge is 0.307 e. The van der Waals surface area contributed by atoms with E-state index < -0.39 is 0 Å². The molecule has 0 bridgehead atoms. The molecule has 1 rings (SSSR count). The summed E-state index contributed by atoms with van der Waals surface area (Å²) in [5, 5.41) is 1.71. The molecule has 0 aliphatic heterocycles. The van der Waals surface area contributed by atoms with Gasteiger partial charge in [0.2, 0.25) is 0 Å². The van der Waals surface area contributed by atoms with Crippen LogP contribution in [-0.4, -0.2) is 9.97 Å². The van der Waals surface area contributed by atoms with E-state index >= 15 is 0 Å². The van der Waals surface area contributed by atoms with Crippen LogP contribution in [0.1, 0.15) is 27.7 Å². The first-order valence-corrected chi connectivity index (χ1v) is 4.74. The number of aromatic nitrogens is 2. The Morgan fingerprint density at radius 1 is 1.21 bits per heavy atom. The molecule has 78 valence electrons. The van der Waals surface area contributed by atoms with Crippen molar-refractivity contribution in [1.82, 2.24) is 9.97 Å². The third-order valence-corrected chi connectivity index (χ3v) is 1.52. The minimum absolute atomic E-state index is 0.578. The molecular formula is C10H18N4. The number of nitrogens with zero attached hydrogens (tertiary/aromatic N) is 2. The number of hydrogen-bond donors (Lipinski definition) is 2. The van der Waals surface area contributed by atoms with Crippen molar-refractivity contribution in [2.24, 2.45) is 5.84 Å². The van der Waals surface area contributed by atoms with Gasteiger partial charge in [0.25, 0.3) is 0 Å². The maximum absolute atomic E-state index is 5.19. The molecule has 0 saturated heterocycles. The van der Waals surface area contributed by atoms with Gasteiger partial charge in [-0.05, 0) is 13.8 Å². The van der Waals surface area contributed by atoms with Gasteiger partial charge >= 0.3 is 0 Å². The van der Waals surface area contributed by atoms with E-state index in [1.807, 2.05) is 39.8 Å². The third kappa shape index (κ3) is 3.14. The van der Waals surface area contributed by atoms with Gasteiger partial charge < -0.3 is 5.43 Å². The molecule has 0 aliphatic rings. The molecule has 0 radical (unpaired) electrons. The minimum atomic E-state index is 0.578. The lowest BCUT2D eigenvalue weighted by Gasteiger charge is -1.96. The smallest absolute Gasteiger partial charge is 0.159 e. The number of hydrogen-bond acceptors (Lipinski definition) is 4. The first-order chi connectivity index (χ1) is 6.81. The summed E-state index contributed by atoms with van der Waals surface area (Å²) in [7, 11) is 0. The summed E-state index contributed by atoms with van der Waals surface area (Å²) in [6, 6.07) is 0. The number of anilines is 1. The van der Waals surface area contributed by atoms with Crippen LogP contribution in [0, 0.1) is 0 Å². The highest BCUT2D eigenvalue weighted by Crippen LogP contribution is 1.86. The number of nitrogen functional groups attached to an aromatic ring is 1. The van der Waals surface area contributed by atoms with Crippen molar-refractivity contribution in [1.29, 1.82) is 0 Å². The number of hydrazine groups is 1. The lowest BCUT2D eigenvalue weighted by molar-refractivity contribution is 1.07. The zero-order valence-corrected chi connectivity index (χ0v) is 9.20. The maximum atomic E-state index is 5.19. The molecule has 0 spiro atoms. The van der Waals surface area contributed by atoms with Crippen molar-refractivity contribution in [3.8, 4) is 0 Å². The van der Waals surface area contributed by atoms with Gasteiger partial charge in [-0.2, -0.15) is 0 Å². The lowest BCUT2D eigenvalue weighted by atomic mass is 10.4. The second-order valence-electron chi connectivity index (χ2n) is 2.25. The van der Waals surface area contributed by atoms with Crippen molar-refractivity contribution in [2.75, 3.05) is 5.43 Å². The summed E-state index contributed by atoms with van der Waals surface area (Å²) in [5.74, 6) is 5.77. The van der Waals surface area contributed by atoms with Crippen LogP contribution < -0.4 is 22.0 Å². The summed E-state index contributed by atoms with van der Waals surface area (Å²) in [6.07, 6.45) is 5.40. The van der Waals surface area contributed by atoms with E-state index in [9.17, 15) is 0 Å². The zero-order chi connectivity index (χ0) is 11.0. The normalized spacial score (nSPS) is 12.1. The Morgan fingerprint density at radius 2 is 1.79 bits per heavy atom. The van der Waals surface area contributed by atoms with E-state index in [0.29, 0.717) is 5.82 Å².